The van der Waals surface area contributed by atoms with Crippen LogP contribution in [0.5, 0.6) is 0 Å². The summed E-state index contributed by atoms with van der Waals surface area (Å²) in [5, 5.41) is 15.2. The zero-order valence-corrected chi connectivity index (χ0v) is 34.8. The molecule has 0 bridgehead atoms. The van der Waals surface area contributed by atoms with Gasteiger partial charge in [0.05, 0.1) is 69.4 Å². The molecule has 0 aliphatic heterocycles. The number of carboxylic acid groups (broad SMARTS) is 1. The van der Waals surface area contributed by atoms with E-state index in [0.29, 0.717) is 21.7 Å². The number of nitrogen functional groups attached to an aromatic ring is 1. The van der Waals surface area contributed by atoms with E-state index in [0.717, 1.165) is 17.5 Å². The van der Waals surface area contributed by atoms with Crippen molar-refractivity contribution in [3.05, 3.63) is 107 Å². The molecule has 2 aromatic heterocycles. The summed E-state index contributed by atoms with van der Waals surface area (Å²) in [6.07, 6.45) is 2.86. The van der Waals surface area contributed by atoms with Crippen LogP contribution in [-0.2, 0) is 18.8 Å². The molecule has 4 aromatic carbocycles. The molecular weight excluding hydrogens is 939 g/mol. The third-order valence-corrected chi connectivity index (χ3v) is 9.53. The number of aromatic nitrogens is 4. The number of fused-ring (bicyclic) bond motifs is 2. The summed E-state index contributed by atoms with van der Waals surface area (Å²) in [7, 11) is 4.56. The molecule has 2 heterocycles. The van der Waals surface area contributed by atoms with Crippen LogP contribution in [0.4, 0.5) is 25.8 Å². The van der Waals surface area contributed by atoms with Gasteiger partial charge in [-0.1, -0.05) is 55.1 Å². The normalized spacial score (nSPS) is 10.4. The number of anilines is 3. The van der Waals surface area contributed by atoms with Crippen molar-refractivity contribution in [2.24, 2.45) is 14.1 Å². The Morgan fingerprint density at radius 2 is 1.41 bits per heavy atom. The van der Waals surface area contributed by atoms with Crippen molar-refractivity contribution < 1.29 is 57.8 Å². The van der Waals surface area contributed by atoms with Gasteiger partial charge in [0.2, 0.25) is 0 Å². The van der Waals surface area contributed by atoms with E-state index >= 15 is 0 Å². The summed E-state index contributed by atoms with van der Waals surface area (Å²) in [5.74, 6) is -3.64. The summed E-state index contributed by atoms with van der Waals surface area (Å²) in [6.45, 7) is 0. The number of esters is 1. The van der Waals surface area contributed by atoms with Crippen LogP contribution in [0.25, 0.3) is 22.1 Å². The Labute approximate surface area is 341 Å². The number of aromatic carboxylic acids is 1. The number of rotatable bonds is 4. The minimum absolute atomic E-state index is 0. The quantitative estimate of drug-likeness (QED) is 0.0826. The van der Waals surface area contributed by atoms with Crippen molar-refractivity contribution in [2.45, 2.75) is 0 Å². The fourth-order valence-corrected chi connectivity index (χ4v) is 5.95. The van der Waals surface area contributed by atoms with Gasteiger partial charge < -0.3 is 34.8 Å². The molecule has 3 N–H and O–H groups in total. The van der Waals surface area contributed by atoms with Crippen LogP contribution in [0.1, 0.15) is 20.7 Å². The van der Waals surface area contributed by atoms with Gasteiger partial charge in [-0.15, -0.1) is 0 Å². The summed E-state index contributed by atoms with van der Waals surface area (Å²) in [6, 6.07) is 13.5. The smallest absolute Gasteiger partial charge is 0.545 e. The maximum atomic E-state index is 14.7. The largest absolute Gasteiger partial charge is 1.00 e. The maximum Gasteiger partial charge on any atom is 1.00 e. The van der Waals surface area contributed by atoms with Crippen molar-refractivity contribution in [1.29, 1.82) is 0 Å². The number of carboxylic acids is 1. The second-order valence-corrected chi connectivity index (χ2v) is 13.6. The van der Waals surface area contributed by atoms with E-state index in [1.54, 1.807) is 36.9 Å². The fraction of sp³-hybridized carbons (Fsp3) is 0.0968. The van der Waals surface area contributed by atoms with Gasteiger partial charge in [-0.2, -0.15) is 0 Å². The molecule has 6 aromatic rings. The number of benzene rings is 4. The van der Waals surface area contributed by atoms with E-state index in [2.05, 4.69) is 74.5 Å². The predicted octanol–water partition coefficient (Wildman–Crippen LogP) is 5.03. The first kappa shape index (κ1) is 40.9. The molecular formula is C31H22Br2Cl2F2IN6NaO4. The van der Waals surface area contributed by atoms with Crippen LogP contribution in [0.15, 0.2) is 70.1 Å². The third kappa shape index (κ3) is 9.44. The van der Waals surface area contributed by atoms with Crippen molar-refractivity contribution in [1.82, 2.24) is 19.1 Å². The zero-order valence-electron chi connectivity index (χ0n) is 25.9. The predicted molar refractivity (Wildman–Crippen MR) is 196 cm³/mol. The molecule has 0 atom stereocenters. The van der Waals surface area contributed by atoms with Crippen LogP contribution in [0.3, 0.4) is 0 Å². The first-order chi connectivity index (χ1) is 22.6. The fourth-order valence-electron chi connectivity index (χ4n) is 4.22. The Morgan fingerprint density at radius 3 is 1.90 bits per heavy atom. The molecule has 10 nitrogen and oxygen atoms in total. The molecule has 0 spiro atoms. The van der Waals surface area contributed by atoms with Crippen molar-refractivity contribution in [3.8, 4) is 0 Å². The first-order valence-electron chi connectivity index (χ1n) is 13.3. The van der Waals surface area contributed by atoms with E-state index in [-0.39, 0.29) is 63.1 Å². The van der Waals surface area contributed by atoms with Crippen molar-refractivity contribution >= 4 is 129 Å². The Balaban J connectivity index is 0.000000217. The molecule has 0 aliphatic carbocycles. The second-order valence-electron chi connectivity index (χ2n) is 9.80. The van der Waals surface area contributed by atoms with Crippen molar-refractivity contribution in [3.63, 3.8) is 0 Å². The van der Waals surface area contributed by atoms with Crippen LogP contribution < -0.4 is 45.7 Å². The van der Waals surface area contributed by atoms with Gasteiger partial charge in [0.25, 0.3) is 0 Å². The number of nitrogens with two attached hydrogens (primary N) is 1. The van der Waals surface area contributed by atoms with Gasteiger partial charge in [-0.25, -0.2) is 23.5 Å². The topological polar surface area (TPSA) is 140 Å². The molecule has 0 aliphatic rings. The number of hydrogen-bond acceptors (Lipinski definition) is 8. The molecule has 0 saturated heterocycles. The molecule has 0 amide bonds. The molecule has 49 heavy (non-hydrogen) atoms. The van der Waals surface area contributed by atoms with Gasteiger partial charge in [-0.3, -0.25) is 0 Å². The number of imidazole rings is 2. The Bertz CT molecular complexity index is 2210. The average Bonchev–Trinajstić information content (AvgIpc) is 3.61. The summed E-state index contributed by atoms with van der Waals surface area (Å²) >= 11 is 20.6. The van der Waals surface area contributed by atoms with Gasteiger partial charge >= 0.3 is 35.5 Å². The van der Waals surface area contributed by atoms with Gasteiger partial charge in [0, 0.05) is 32.2 Å². The number of carbonyl (C=O) groups excluding carboxylic acids is 2. The first-order valence-corrected chi connectivity index (χ1v) is 16.7. The minimum Gasteiger partial charge on any atom is -0.545 e. The van der Waals surface area contributed by atoms with Gasteiger partial charge in [0.1, 0.15) is 11.0 Å². The molecule has 0 unspecified atom stereocenters. The molecule has 18 heteroatoms. The summed E-state index contributed by atoms with van der Waals surface area (Å²) < 4.78 is 39.0. The molecule has 6 rings (SSSR count). The van der Waals surface area contributed by atoms with E-state index in [9.17, 15) is 23.5 Å². The zero-order chi connectivity index (χ0) is 35.4. The maximum absolute atomic E-state index is 14.7. The third-order valence-electron chi connectivity index (χ3n) is 6.66. The number of ether oxygens (including phenoxy) is 1. The number of carbonyl (C=O) groups is 2. The molecule has 0 radical (unpaired) electrons. The number of nitrogens with zero attached hydrogens (tertiary/aromatic N) is 4. The number of hydrogen-bond donors (Lipinski definition) is 2. The number of aryl methyl sites for hydroxylation is 2. The molecule has 250 valence electrons. The van der Waals surface area contributed by atoms with E-state index in [4.69, 9.17) is 28.9 Å². The number of methoxy groups -OCH3 is 1. The number of nitrogens with one attached hydrogen (secondary N) is 1. The standard InChI is InChI=1S/C15H10BrClFN3O2.C10H10FN3O2.C6H3BrClI.Na/c1-21-6-19-14-11(21)5-8(15(22)23)13(12(14)18)20-10-3-2-7(16)4-9(10)17;1-14-4-13-9-6(14)3-5(10(15)16-2)8(12)7(9)11;7-4-1-2-6(9)5(8)3-4;/h2-6,20H,1H3,(H,22,23);3-4H,12H2,1-2H3;1-3H;/q;;;+1/p-1. The van der Waals surface area contributed by atoms with E-state index in [1.807, 2.05) is 18.2 Å². The summed E-state index contributed by atoms with van der Waals surface area (Å²) in [5.41, 5.74) is 6.16. The van der Waals surface area contributed by atoms with Gasteiger partial charge in [0.15, 0.2) is 11.6 Å². The van der Waals surface area contributed by atoms with Crippen LogP contribution in [0, 0.1) is 15.2 Å². The SMILES string of the molecule is COC(=O)c1cc2c(ncn2C)c(F)c1N.Clc1cc(Br)ccc1I.Cn1cnc2c(F)c(Nc3ccc(Br)cc3Cl)c(C(=O)[O-])cc21.[Na+]. The Morgan fingerprint density at radius 1 is 0.898 bits per heavy atom. The Hall–Kier alpha value is -2.51. The number of halogens is 7. The summed E-state index contributed by atoms with van der Waals surface area (Å²) in [4.78, 5) is 30.6. The molecule has 0 fully saturated rings. The second kappa shape index (κ2) is 17.6. The van der Waals surface area contributed by atoms with Crippen molar-refractivity contribution in [2.75, 3.05) is 18.2 Å². The Kier molecular flexibility index (Phi) is 14.7. The van der Waals surface area contributed by atoms with E-state index < -0.39 is 23.6 Å². The van der Waals surface area contributed by atoms with Crippen LogP contribution >= 0.6 is 77.7 Å². The van der Waals surface area contributed by atoms with Crippen LogP contribution in [-0.4, -0.2) is 38.2 Å². The average molecular weight is 961 g/mol. The van der Waals surface area contributed by atoms with E-state index in [1.165, 1.54) is 36.5 Å². The minimum atomic E-state index is -1.50. The molecule has 0 saturated carbocycles. The monoisotopic (exact) mass is 958 g/mol. The van der Waals surface area contributed by atoms with Gasteiger partial charge in [-0.05, 0) is 71.1 Å². The van der Waals surface area contributed by atoms with Crippen LogP contribution in [0.2, 0.25) is 10.0 Å².